The molecule has 32 heavy (non-hydrogen) atoms. The molecule has 1 N–H and O–H groups in total. The molecule has 2 aromatic carbocycles. The first-order valence-corrected chi connectivity index (χ1v) is 12.0. The minimum atomic E-state index is -3.67. The average molecular weight is 451 g/mol. The maximum atomic E-state index is 12.7. The SMILES string of the molecule is Cc1ccc(S(=O)(=O)Nc2ccc(C(=O)CN3CCN(c4ccncc4)CC3)cc2)cc1. The number of sulfonamides is 1. The van der Waals surface area contributed by atoms with Crippen LogP contribution < -0.4 is 9.62 Å². The van der Waals surface area contributed by atoms with Gasteiger partial charge in [0.15, 0.2) is 5.78 Å². The van der Waals surface area contributed by atoms with Crippen LogP contribution in [0.4, 0.5) is 11.4 Å². The van der Waals surface area contributed by atoms with Crippen molar-refractivity contribution in [2.24, 2.45) is 0 Å². The fourth-order valence-electron chi connectivity index (χ4n) is 3.67. The lowest BCUT2D eigenvalue weighted by atomic mass is 10.1. The van der Waals surface area contributed by atoms with Crippen LogP contribution in [-0.4, -0.2) is 56.8 Å². The molecule has 0 unspecified atom stereocenters. The molecule has 166 valence electrons. The first-order chi connectivity index (χ1) is 15.4. The predicted molar refractivity (Wildman–Crippen MR) is 126 cm³/mol. The third-order valence-corrected chi connectivity index (χ3v) is 6.95. The van der Waals surface area contributed by atoms with Crippen LogP contribution in [0, 0.1) is 6.92 Å². The van der Waals surface area contributed by atoms with Gasteiger partial charge in [0.2, 0.25) is 0 Å². The van der Waals surface area contributed by atoms with E-state index in [2.05, 4.69) is 19.5 Å². The molecule has 0 amide bonds. The number of pyridine rings is 1. The van der Waals surface area contributed by atoms with E-state index in [9.17, 15) is 13.2 Å². The van der Waals surface area contributed by atoms with Crippen molar-refractivity contribution in [3.63, 3.8) is 0 Å². The molecule has 1 aliphatic rings. The van der Waals surface area contributed by atoms with E-state index in [1.54, 1.807) is 60.9 Å². The lowest BCUT2D eigenvalue weighted by Gasteiger charge is -2.35. The van der Waals surface area contributed by atoms with Gasteiger partial charge in [-0.3, -0.25) is 19.4 Å². The molecule has 3 aromatic rings. The monoisotopic (exact) mass is 450 g/mol. The molecule has 0 bridgehead atoms. The molecule has 1 aromatic heterocycles. The summed E-state index contributed by atoms with van der Waals surface area (Å²) in [7, 11) is -3.67. The maximum Gasteiger partial charge on any atom is 0.261 e. The van der Waals surface area contributed by atoms with Gasteiger partial charge in [0, 0.05) is 55.5 Å². The van der Waals surface area contributed by atoms with Gasteiger partial charge in [-0.1, -0.05) is 17.7 Å². The third-order valence-electron chi connectivity index (χ3n) is 5.56. The van der Waals surface area contributed by atoms with E-state index in [4.69, 9.17) is 0 Å². The van der Waals surface area contributed by atoms with Crippen molar-refractivity contribution in [3.8, 4) is 0 Å². The van der Waals surface area contributed by atoms with Gasteiger partial charge in [-0.25, -0.2) is 8.42 Å². The normalized spacial score (nSPS) is 14.8. The Labute approximate surface area is 188 Å². The lowest BCUT2D eigenvalue weighted by Crippen LogP contribution is -2.48. The van der Waals surface area contributed by atoms with Crippen molar-refractivity contribution < 1.29 is 13.2 Å². The molecule has 0 aliphatic carbocycles. The number of benzene rings is 2. The van der Waals surface area contributed by atoms with E-state index in [-0.39, 0.29) is 10.7 Å². The molecule has 0 saturated carbocycles. The smallest absolute Gasteiger partial charge is 0.261 e. The molecule has 0 atom stereocenters. The Morgan fingerprint density at radius 1 is 0.906 bits per heavy atom. The third kappa shape index (κ3) is 5.33. The number of aromatic nitrogens is 1. The predicted octanol–water partition coefficient (Wildman–Crippen LogP) is 3.20. The van der Waals surface area contributed by atoms with Crippen molar-refractivity contribution in [2.45, 2.75) is 11.8 Å². The fourth-order valence-corrected chi connectivity index (χ4v) is 4.73. The van der Waals surface area contributed by atoms with Crippen LogP contribution in [0.5, 0.6) is 0 Å². The highest BCUT2D eigenvalue weighted by Crippen LogP contribution is 2.18. The van der Waals surface area contributed by atoms with E-state index in [1.165, 1.54) is 0 Å². The van der Waals surface area contributed by atoms with Crippen LogP contribution in [0.3, 0.4) is 0 Å². The summed E-state index contributed by atoms with van der Waals surface area (Å²) in [5, 5.41) is 0. The number of rotatable bonds is 7. The quantitative estimate of drug-likeness (QED) is 0.557. The summed E-state index contributed by atoms with van der Waals surface area (Å²) in [6.45, 7) is 5.58. The summed E-state index contributed by atoms with van der Waals surface area (Å²) in [6, 6.07) is 17.2. The summed E-state index contributed by atoms with van der Waals surface area (Å²) in [5.74, 6) is 0.0234. The summed E-state index contributed by atoms with van der Waals surface area (Å²) in [6.07, 6.45) is 3.57. The highest BCUT2D eigenvalue weighted by Gasteiger charge is 2.20. The van der Waals surface area contributed by atoms with Gasteiger partial charge in [0.05, 0.1) is 11.4 Å². The molecule has 7 nitrogen and oxygen atoms in total. The van der Waals surface area contributed by atoms with E-state index < -0.39 is 10.0 Å². The molecule has 4 rings (SSSR count). The summed E-state index contributed by atoms with van der Waals surface area (Å²) in [4.78, 5) is 21.4. The molecular weight excluding hydrogens is 424 g/mol. The maximum absolute atomic E-state index is 12.7. The van der Waals surface area contributed by atoms with Crippen LogP contribution in [0.2, 0.25) is 0 Å². The lowest BCUT2D eigenvalue weighted by molar-refractivity contribution is 0.0926. The Bertz CT molecular complexity index is 1160. The number of aryl methyl sites for hydroxylation is 1. The zero-order valence-electron chi connectivity index (χ0n) is 17.9. The topological polar surface area (TPSA) is 82.6 Å². The summed E-state index contributed by atoms with van der Waals surface area (Å²) in [5.41, 5.74) is 3.13. The molecule has 1 fully saturated rings. The van der Waals surface area contributed by atoms with E-state index >= 15 is 0 Å². The molecule has 1 aliphatic heterocycles. The van der Waals surface area contributed by atoms with Gasteiger partial charge < -0.3 is 4.90 Å². The number of ketones is 1. The number of piperazine rings is 1. The summed E-state index contributed by atoms with van der Waals surface area (Å²) < 4.78 is 27.6. The second-order valence-corrected chi connectivity index (χ2v) is 9.57. The Kier molecular flexibility index (Phi) is 6.53. The first-order valence-electron chi connectivity index (χ1n) is 10.5. The number of nitrogens with one attached hydrogen (secondary N) is 1. The number of anilines is 2. The van der Waals surface area contributed by atoms with Gasteiger partial charge in [-0.15, -0.1) is 0 Å². The molecular formula is C24H26N4O3S. The van der Waals surface area contributed by atoms with Crippen LogP contribution in [0.15, 0.2) is 78.0 Å². The average Bonchev–Trinajstić information content (AvgIpc) is 2.80. The van der Waals surface area contributed by atoms with Crippen molar-refractivity contribution in [1.82, 2.24) is 9.88 Å². The number of nitrogens with zero attached hydrogens (tertiary/aromatic N) is 3. The van der Waals surface area contributed by atoms with Crippen molar-refractivity contribution in [3.05, 3.63) is 84.2 Å². The number of carbonyl (C=O) groups is 1. The van der Waals surface area contributed by atoms with Crippen molar-refractivity contribution >= 4 is 27.2 Å². The zero-order chi connectivity index (χ0) is 22.6. The number of carbonyl (C=O) groups excluding carboxylic acids is 1. The molecule has 1 saturated heterocycles. The van der Waals surface area contributed by atoms with E-state index in [0.717, 1.165) is 37.4 Å². The minimum absolute atomic E-state index is 0.0234. The second-order valence-electron chi connectivity index (χ2n) is 7.89. The molecule has 8 heteroatoms. The Balaban J connectivity index is 1.32. The fraction of sp³-hybridized carbons (Fsp3) is 0.250. The second kappa shape index (κ2) is 9.50. The van der Waals surface area contributed by atoms with Crippen LogP contribution in [0.25, 0.3) is 0 Å². The van der Waals surface area contributed by atoms with Gasteiger partial charge in [-0.05, 0) is 55.5 Å². The zero-order valence-corrected chi connectivity index (χ0v) is 18.8. The molecule has 2 heterocycles. The first kappa shape index (κ1) is 22.0. The largest absolute Gasteiger partial charge is 0.369 e. The van der Waals surface area contributed by atoms with E-state index in [0.29, 0.717) is 17.8 Å². The standard InChI is InChI=1S/C24H26N4O3S/c1-19-2-8-23(9-3-19)32(30,31)26-21-6-4-20(5-7-21)24(29)18-27-14-16-28(17-15-27)22-10-12-25-13-11-22/h2-13,26H,14-18H2,1H3. The van der Waals surface area contributed by atoms with Gasteiger partial charge in [0.1, 0.15) is 0 Å². The van der Waals surface area contributed by atoms with Crippen LogP contribution >= 0.6 is 0 Å². The molecule has 0 radical (unpaired) electrons. The highest BCUT2D eigenvalue weighted by molar-refractivity contribution is 7.92. The van der Waals surface area contributed by atoms with Crippen molar-refractivity contribution in [2.75, 3.05) is 42.3 Å². The van der Waals surface area contributed by atoms with Gasteiger partial charge in [0.25, 0.3) is 10.0 Å². The Morgan fingerprint density at radius 2 is 1.53 bits per heavy atom. The number of hydrogen-bond acceptors (Lipinski definition) is 6. The van der Waals surface area contributed by atoms with Crippen molar-refractivity contribution in [1.29, 1.82) is 0 Å². The number of Topliss-reactive ketones (excluding diaryl/α,β-unsaturated/α-hetero) is 1. The minimum Gasteiger partial charge on any atom is -0.369 e. The van der Waals surface area contributed by atoms with Crippen LogP contribution in [0.1, 0.15) is 15.9 Å². The van der Waals surface area contributed by atoms with E-state index in [1.807, 2.05) is 19.1 Å². The van der Waals surface area contributed by atoms with Gasteiger partial charge >= 0.3 is 0 Å². The Hall–Kier alpha value is -3.23. The van der Waals surface area contributed by atoms with Crippen LogP contribution in [-0.2, 0) is 10.0 Å². The number of hydrogen-bond donors (Lipinski definition) is 1. The molecule has 0 spiro atoms. The summed E-state index contributed by atoms with van der Waals surface area (Å²) >= 11 is 0. The van der Waals surface area contributed by atoms with Gasteiger partial charge in [-0.2, -0.15) is 0 Å². The Morgan fingerprint density at radius 3 is 2.16 bits per heavy atom. The highest BCUT2D eigenvalue weighted by atomic mass is 32.2.